The Hall–Kier alpha value is -1.62. The molecule has 2 aromatic rings. The number of amides is 1. The predicted molar refractivity (Wildman–Crippen MR) is 99.0 cm³/mol. The van der Waals surface area contributed by atoms with Crippen LogP contribution < -0.4 is 15.4 Å². The van der Waals surface area contributed by atoms with E-state index in [0.29, 0.717) is 11.4 Å². The normalized spacial score (nSPS) is 12.3. The van der Waals surface area contributed by atoms with Crippen LogP contribution in [0.3, 0.4) is 0 Å². The van der Waals surface area contributed by atoms with Crippen molar-refractivity contribution in [1.82, 2.24) is 5.32 Å². The Morgan fingerprint density at radius 3 is 2.25 bits per heavy atom. The molecule has 0 aliphatic rings. The number of alkyl halides is 3. The Labute approximate surface area is 156 Å². The highest BCUT2D eigenvalue weighted by Gasteiger charge is 2.34. The van der Waals surface area contributed by atoms with E-state index in [1.165, 1.54) is 0 Å². The summed E-state index contributed by atoms with van der Waals surface area (Å²) in [6, 6.07) is 16.4. The number of carbonyl (C=O) groups excluding carboxylic acids is 1. The van der Waals surface area contributed by atoms with Crippen LogP contribution in [0.1, 0.15) is 5.56 Å². The summed E-state index contributed by atoms with van der Waals surface area (Å²) in [5, 5.41) is 5.71. The maximum Gasteiger partial charge on any atom is 0.228 e. The van der Waals surface area contributed by atoms with Gasteiger partial charge in [0.2, 0.25) is 9.70 Å². The van der Waals surface area contributed by atoms with Crippen molar-refractivity contribution >= 4 is 46.4 Å². The lowest BCUT2D eigenvalue weighted by atomic mass is 10.1. The quantitative estimate of drug-likeness (QED) is 0.578. The molecule has 1 amide bonds. The number of rotatable bonds is 6. The van der Waals surface area contributed by atoms with Crippen molar-refractivity contribution < 1.29 is 9.53 Å². The minimum Gasteiger partial charge on any atom is -0.497 e. The van der Waals surface area contributed by atoms with Crippen LogP contribution >= 0.6 is 34.8 Å². The van der Waals surface area contributed by atoms with Gasteiger partial charge in [-0.05, 0) is 29.8 Å². The standard InChI is InChI=1S/C17H17Cl3N2O2/c1-24-14-9-7-13(8-10-14)21-16(17(18,19)20)22-15(23)11-12-5-3-2-4-6-12/h2-10,16,21H,11H2,1H3,(H,22,23)/t16-/m0/s1. The van der Waals surface area contributed by atoms with Crippen molar-refractivity contribution in [3.05, 3.63) is 60.2 Å². The van der Waals surface area contributed by atoms with Crippen LogP contribution in [0, 0.1) is 0 Å². The second-order valence-corrected chi connectivity index (χ2v) is 7.45. The first-order valence-corrected chi connectivity index (χ1v) is 8.32. The molecule has 0 heterocycles. The summed E-state index contributed by atoms with van der Waals surface area (Å²) in [5.74, 6) is 0.456. The average molecular weight is 388 g/mol. The van der Waals surface area contributed by atoms with Crippen molar-refractivity contribution in [2.45, 2.75) is 16.4 Å². The molecule has 128 valence electrons. The van der Waals surface area contributed by atoms with Gasteiger partial charge < -0.3 is 15.4 Å². The highest BCUT2D eigenvalue weighted by molar-refractivity contribution is 6.68. The molecule has 0 saturated carbocycles. The molecule has 4 nitrogen and oxygen atoms in total. The summed E-state index contributed by atoms with van der Waals surface area (Å²) in [7, 11) is 1.58. The predicted octanol–water partition coefficient (Wildman–Crippen LogP) is 4.16. The van der Waals surface area contributed by atoms with Crippen LogP contribution in [0.5, 0.6) is 5.75 Å². The maximum atomic E-state index is 12.2. The van der Waals surface area contributed by atoms with Crippen LogP contribution in [0.25, 0.3) is 0 Å². The first kappa shape index (κ1) is 18.7. The molecule has 0 saturated heterocycles. The number of anilines is 1. The fourth-order valence-corrected chi connectivity index (χ4v) is 2.37. The molecule has 0 aliphatic heterocycles. The van der Waals surface area contributed by atoms with Crippen molar-refractivity contribution in [3.63, 3.8) is 0 Å². The molecule has 7 heteroatoms. The van der Waals surface area contributed by atoms with Crippen LogP contribution in [-0.2, 0) is 11.2 Å². The largest absolute Gasteiger partial charge is 0.497 e. The molecule has 0 radical (unpaired) electrons. The van der Waals surface area contributed by atoms with E-state index in [1.54, 1.807) is 31.4 Å². The van der Waals surface area contributed by atoms with Gasteiger partial charge in [0.25, 0.3) is 0 Å². The second-order valence-electron chi connectivity index (χ2n) is 5.08. The zero-order valence-corrected chi connectivity index (χ0v) is 15.2. The van der Waals surface area contributed by atoms with E-state index in [2.05, 4.69) is 10.6 Å². The smallest absolute Gasteiger partial charge is 0.228 e. The van der Waals surface area contributed by atoms with Gasteiger partial charge in [-0.1, -0.05) is 65.1 Å². The zero-order valence-electron chi connectivity index (χ0n) is 12.9. The lowest BCUT2D eigenvalue weighted by Crippen LogP contribution is -2.49. The first-order chi connectivity index (χ1) is 11.4. The molecule has 2 N–H and O–H groups in total. The molecule has 0 unspecified atom stereocenters. The molecule has 0 fully saturated rings. The Kier molecular flexibility index (Phi) is 6.60. The molecule has 24 heavy (non-hydrogen) atoms. The number of carbonyl (C=O) groups is 1. The third kappa shape index (κ3) is 5.78. The van der Waals surface area contributed by atoms with Crippen molar-refractivity contribution in [1.29, 1.82) is 0 Å². The number of hydrogen-bond acceptors (Lipinski definition) is 3. The zero-order chi connectivity index (χ0) is 17.6. The first-order valence-electron chi connectivity index (χ1n) is 7.19. The lowest BCUT2D eigenvalue weighted by molar-refractivity contribution is -0.120. The van der Waals surface area contributed by atoms with E-state index in [9.17, 15) is 4.79 Å². The van der Waals surface area contributed by atoms with Gasteiger partial charge in [0.1, 0.15) is 11.9 Å². The van der Waals surface area contributed by atoms with E-state index < -0.39 is 9.96 Å². The molecule has 0 bridgehead atoms. The number of nitrogens with one attached hydrogen (secondary N) is 2. The number of halogens is 3. The number of methoxy groups -OCH3 is 1. The summed E-state index contributed by atoms with van der Waals surface area (Å²) in [6.45, 7) is 0. The summed E-state index contributed by atoms with van der Waals surface area (Å²) >= 11 is 18.0. The molecule has 0 spiro atoms. The van der Waals surface area contributed by atoms with Crippen LogP contribution in [0.15, 0.2) is 54.6 Å². The van der Waals surface area contributed by atoms with Crippen molar-refractivity contribution in [2.75, 3.05) is 12.4 Å². The van der Waals surface area contributed by atoms with E-state index in [-0.39, 0.29) is 12.3 Å². The lowest BCUT2D eigenvalue weighted by Gasteiger charge is -2.27. The fourth-order valence-electron chi connectivity index (χ4n) is 2.05. The summed E-state index contributed by atoms with van der Waals surface area (Å²) in [5.41, 5.74) is 1.56. The number of benzene rings is 2. The SMILES string of the molecule is COc1ccc(N[C@@H](NC(=O)Cc2ccccc2)C(Cl)(Cl)Cl)cc1. The summed E-state index contributed by atoms with van der Waals surface area (Å²) in [6.07, 6.45) is -0.686. The Balaban J connectivity index is 2.03. The minimum absolute atomic E-state index is 0.197. The van der Waals surface area contributed by atoms with Gasteiger partial charge in [-0.15, -0.1) is 0 Å². The fraction of sp³-hybridized carbons (Fsp3) is 0.235. The average Bonchev–Trinajstić information content (AvgIpc) is 2.55. The second kappa shape index (κ2) is 8.47. The third-order valence-corrected chi connectivity index (χ3v) is 3.90. The highest BCUT2D eigenvalue weighted by Crippen LogP contribution is 2.31. The molecule has 2 rings (SSSR count). The topological polar surface area (TPSA) is 50.4 Å². The maximum absolute atomic E-state index is 12.2. The molecular formula is C17H17Cl3N2O2. The van der Waals surface area contributed by atoms with Gasteiger partial charge in [0.05, 0.1) is 13.5 Å². The minimum atomic E-state index is -1.72. The van der Waals surface area contributed by atoms with Crippen LogP contribution in [0.2, 0.25) is 0 Å². The Morgan fingerprint density at radius 1 is 1.08 bits per heavy atom. The monoisotopic (exact) mass is 386 g/mol. The Bertz CT molecular complexity index is 658. The van der Waals surface area contributed by atoms with Gasteiger partial charge in [-0.3, -0.25) is 4.79 Å². The van der Waals surface area contributed by atoms with Gasteiger partial charge in [-0.2, -0.15) is 0 Å². The van der Waals surface area contributed by atoms with Crippen LogP contribution in [0.4, 0.5) is 5.69 Å². The molecule has 0 aromatic heterocycles. The van der Waals surface area contributed by atoms with Gasteiger partial charge in [-0.25, -0.2) is 0 Å². The van der Waals surface area contributed by atoms with Crippen LogP contribution in [-0.4, -0.2) is 23.0 Å². The Morgan fingerprint density at radius 2 is 1.71 bits per heavy atom. The molecule has 2 aromatic carbocycles. The van der Waals surface area contributed by atoms with Gasteiger partial charge in [0, 0.05) is 5.69 Å². The van der Waals surface area contributed by atoms with E-state index >= 15 is 0 Å². The molecule has 1 atom stereocenters. The molecule has 0 aliphatic carbocycles. The van der Waals surface area contributed by atoms with Gasteiger partial charge >= 0.3 is 0 Å². The summed E-state index contributed by atoms with van der Waals surface area (Å²) in [4.78, 5) is 12.2. The van der Waals surface area contributed by atoms with E-state index in [1.807, 2.05) is 30.3 Å². The van der Waals surface area contributed by atoms with Gasteiger partial charge in [0.15, 0.2) is 0 Å². The van der Waals surface area contributed by atoms with Crippen molar-refractivity contribution in [3.8, 4) is 5.75 Å². The number of hydrogen-bond donors (Lipinski definition) is 2. The summed E-state index contributed by atoms with van der Waals surface area (Å²) < 4.78 is 3.38. The van der Waals surface area contributed by atoms with Crippen molar-refractivity contribution in [2.24, 2.45) is 0 Å². The van der Waals surface area contributed by atoms with E-state index in [4.69, 9.17) is 39.5 Å². The number of ether oxygens (including phenoxy) is 1. The van der Waals surface area contributed by atoms with E-state index in [0.717, 1.165) is 5.56 Å². The molecular weight excluding hydrogens is 371 g/mol. The highest BCUT2D eigenvalue weighted by atomic mass is 35.6. The third-order valence-electron chi connectivity index (χ3n) is 3.24.